The van der Waals surface area contributed by atoms with E-state index >= 15 is 0 Å². The molecule has 22 heavy (non-hydrogen) atoms. The van der Waals surface area contributed by atoms with Crippen molar-refractivity contribution in [3.05, 3.63) is 60.3 Å². The molecule has 3 rings (SSSR count). The second kappa shape index (κ2) is 6.19. The Balaban J connectivity index is 1.69. The molecule has 0 spiro atoms. The van der Waals surface area contributed by atoms with Crippen LogP contribution in [0, 0.1) is 11.6 Å². The molecular formula is C16H16F2N4. The predicted octanol–water partition coefficient (Wildman–Crippen LogP) is 2.84. The van der Waals surface area contributed by atoms with E-state index in [4.69, 9.17) is 0 Å². The fourth-order valence-corrected chi connectivity index (χ4v) is 2.31. The highest BCUT2D eigenvalue weighted by Gasteiger charge is 2.07. The maximum absolute atomic E-state index is 13.3. The minimum absolute atomic E-state index is 0.472. The lowest BCUT2D eigenvalue weighted by molar-refractivity contribution is 0.308. The molecule has 2 heterocycles. The molecule has 0 atom stereocenters. The number of nitrogens with zero attached hydrogens (tertiary/aromatic N) is 4. The first-order valence-corrected chi connectivity index (χ1v) is 7.01. The molecular weight excluding hydrogens is 286 g/mol. The summed E-state index contributed by atoms with van der Waals surface area (Å²) >= 11 is 0. The van der Waals surface area contributed by atoms with Gasteiger partial charge in [0.2, 0.25) is 0 Å². The Morgan fingerprint density at radius 2 is 2.00 bits per heavy atom. The Bertz CT molecular complexity index is 771. The minimum Gasteiger partial charge on any atom is -0.336 e. The summed E-state index contributed by atoms with van der Waals surface area (Å²) in [6.45, 7) is 2.32. The van der Waals surface area contributed by atoms with Crippen LogP contribution in [0.1, 0.15) is 5.69 Å². The second-order valence-corrected chi connectivity index (χ2v) is 5.30. The van der Waals surface area contributed by atoms with E-state index in [9.17, 15) is 8.78 Å². The van der Waals surface area contributed by atoms with Crippen LogP contribution in [0.5, 0.6) is 0 Å². The molecule has 0 unspecified atom stereocenters. The van der Waals surface area contributed by atoms with Crippen LogP contribution >= 0.6 is 0 Å². The van der Waals surface area contributed by atoms with Gasteiger partial charge in [0.1, 0.15) is 0 Å². The third kappa shape index (κ3) is 3.28. The highest BCUT2D eigenvalue weighted by atomic mass is 19.2. The van der Waals surface area contributed by atoms with Crippen LogP contribution in [-0.4, -0.2) is 33.0 Å². The Morgan fingerprint density at radius 1 is 1.18 bits per heavy atom. The predicted molar refractivity (Wildman–Crippen MR) is 80.2 cm³/mol. The van der Waals surface area contributed by atoms with Gasteiger partial charge in [0.15, 0.2) is 11.6 Å². The van der Waals surface area contributed by atoms with Gasteiger partial charge in [-0.2, -0.15) is 0 Å². The van der Waals surface area contributed by atoms with Crippen molar-refractivity contribution in [1.82, 2.24) is 19.4 Å². The fraction of sp³-hybridized carbons (Fsp3) is 0.250. The van der Waals surface area contributed by atoms with E-state index in [1.54, 1.807) is 18.6 Å². The van der Waals surface area contributed by atoms with Crippen molar-refractivity contribution in [3.8, 4) is 0 Å². The summed E-state index contributed by atoms with van der Waals surface area (Å²) in [5.41, 5.74) is 1.30. The number of likely N-dealkylation sites (N-methyl/N-ethyl adjacent to an activating group) is 1. The first kappa shape index (κ1) is 14.6. The maximum atomic E-state index is 13.3. The molecule has 0 aliphatic rings. The van der Waals surface area contributed by atoms with Crippen molar-refractivity contribution in [2.45, 2.75) is 13.1 Å². The molecule has 0 amide bonds. The average molecular weight is 302 g/mol. The normalized spacial score (nSPS) is 11.5. The zero-order valence-electron chi connectivity index (χ0n) is 12.2. The molecule has 3 aromatic rings. The number of pyridine rings is 1. The van der Waals surface area contributed by atoms with E-state index in [1.807, 2.05) is 23.9 Å². The van der Waals surface area contributed by atoms with Crippen molar-refractivity contribution >= 4 is 10.9 Å². The highest BCUT2D eigenvalue weighted by molar-refractivity contribution is 5.78. The molecule has 0 aliphatic carbocycles. The summed E-state index contributed by atoms with van der Waals surface area (Å²) < 4.78 is 28.5. The van der Waals surface area contributed by atoms with E-state index in [0.717, 1.165) is 24.8 Å². The lowest BCUT2D eigenvalue weighted by atomic mass is 10.2. The van der Waals surface area contributed by atoms with Gasteiger partial charge in [-0.15, -0.1) is 0 Å². The van der Waals surface area contributed by atoms with Gasteiger partial charge in [-0.3, -0.25) is 9.88 Å². The third-order valence-corrected chi connectivity index (χ3v) is 3.52. The molecule has 0 saturated carbocycles. The third-order valence-electron chi connectivity index (χ3n) is 3.52. The zero-order valence-corrected chi connectivity index (χ0v) is 12.2. The molecule has 114 valence electrons. The van der Waals surface area contributed by atoms with Gasteiger partial charge >= 0.3 is 0 Å². The summed E-state index contributed by atoms with van der Waals surface area (Å²) in [5.74, 6) is -1.72. The molecule has 0 aliphatic heterocycles. The van der Waals surface area contributed by atoms with Crippen LogP contribution in [0.2, 0.25) is 0 Å². The smallest absolute Gasteiger partial charge is 0.161 e. The van der Waals surface area contributed by atoms with Gasteiger partial charge in [-0.1, -0.05) is 6.07 Å². The van der Waals surface area contributed by atoms with E-state index in [0.29, 0.717) is 17.4 Å². The number of halogens is 2. The van der Waals surface area contributed by atoms with Crippen molar-refractivity contribution in [3.63, 3.8) is 0 Å². The molecule has 0 radical (unpaired) electrons. The lowest BCUT2D eigenvalue weighted by Gasteiger charge is -2.16. The maximum Gasteiger partial charge on any atom is 0.161 e. The quantitative estimate of drug-likeness (QED) is 0.727. The summed E-state index contributed by atoms with van der Waals surface area (Å²) in [4.78, 5) is 10.5. The number of fused-ring (bicyclic) bond motifs is 1. The summed E-state index contributed by atoms with van der Waals surface area (Å²) in [5, 5.41) is 0.601. The number of hydrogen-bond donors (Lipinski definition) is 0. The fourth-order valence-electron chi connectivity index (χ4n) is 2.31. The molecule has 0 bridgehead atoms. The minimum atomic E-state index is -0.870. The van der Waals surface area contributed by atoms with Gasteiger partial charge in [0.05, 0.1) is 17.5 Å². The second-order valence-electron chi connectivity index (χ2n) is 5.30. The van der Waals surface area contributed by atoms with Crippen LogP contribution in [0.15, 0.2) is 43.0 Å². The largest absolute Gasteiger partial charge is 0.336 e. The van der Waals surface area contributed by atoms with Gasteiger partial charge in [0.25, 0.3) is 0 Å². The Labute approximate surface area is 127 Å². The molecule has 0 N–H and O–H groups in total. The highest BCUT2D eigenvalue weighted by Crippen LogP contribution is 2.17. The molecule has 0 fully saturated rings. The Kier molecular flexibility index (Phi) is 4.11. The van der Waals surface area contributed by atoms with Gasteiger partial charge in [-0.25, -0.2) is 13.8 Å². The van der Waals surface area contributed by atoms with Crippen LogP contribution in [0.3, 0.4) is 0 Å². The van der Waals surface area contributed by atoms with Gasteiger partial charge in [0, 0.05) is 43.5 Å². The average Bonchev–Trinajstić information content (AvgIpc) is 3.00. The zero-order chi connectivity index (χ0) is 15.5. The molecule has 2 aromatic heterocycles. The van der Waals surface area contributed by atoms with Crippen LogP contribution < -0.4 is 0 Å². The van der Waals surface area contributed by atoms with E-state index in [2.05, 4.69) is 14.9 Å². The summed E-state index contributed by atoms with van der Waals surface area (Å²) in [6.07, 6.45) is 5.44. The topological polar surface area (TPSA) is 34.0 Å². The molecule has 1 aromatic carbocycles. The van der Waals surface area contributed by atoms with Crippen LogP contribution in [0.4, 0.5) is 8.78 Å². The van der Waals surface area contributed by atoms with Crippen LogP contribution in [0.25, 0.3) is 10.9 Å². The Morgan fingerprint density at radius 3 is 2.77 bits per heavy atom. The first-order valence-electron chi connectivity index (χ1n) is 7.01. The first-order chi connectivity index (χ1) is 10.6. The summed E-state index contributed by atoms with van der Waals surface area (Å²) in [7, 11) is 1.99. The lowest BCUT2D eigenvalue weighted by Crippen LogP contribution is -2.23. The summed E-state index contributed by atoms with van der Waals surface area (Å²) in [6, 6.07) is 5.92. The number of hydrogen-bond acceptors (Lipinski definition) is 3. The SMILES string of the molecule is CN(CCn1ccnc1)Cc1ccc2cc(F)c(F)cc2n1. The van der Waals surface area contributed by atoms with Crippen molar-refractivity contribution in [2.75, 3.05) is 13.6 Å². The molecule has 6 heteroatoms. The number of aromatic nitrogens is 3. The number of benzene rings is 1. The Hall–Kier alpha value is -2.34. The van der Waals surface area contributed by atoms with Crippen molar-refractivity contribution in [2.24, 2.45) is 0 Å². The van der Waals surface area contributed by atoms with E-state index in [-0.39, 0.29) is 0 Å². The standard InChI is InChI=1S/C16H16F2N4/c1-21(6-7-22-5-4-19-11-22)10-13-3-2-12-8-14(17)15(18)9-16(12)20-13/h2-5,8-9,11H,6-7,10H2,1H3. The van der Waals surface area contributed by atoms with Crippen molar-refractivity contribution in [1.29, 1.82) is 0 Å². The molecule has 0 saturated heterocycles. The van der Waals surface area contributed by atoms with Gasteiger partial charge in [-0.05, 0) is 19.2 Å². The number of rotatable bonds is 5. The van der Waals surface area contributed by atoms with E-state index < -0.39 is 11.6 Å². The van der Waals surface area contributed by atoms with E-state index in [1.165, 1.54) is 6.07 Å². The number of imidazole rings is 1. The van der Waals surface area contributed by atoms with Crippen LogP contribution in [-0.2, 0) is 13.1 Å². The van der Waals surface area contributed by atoms with Gasteiger partial charge < -0.3 is 4.57 Å². The molecule has 4 nitrogen and oxygen atoms in total. The monoisotopic (exact) mass is 302 g/mol. The van der Waals surface area contributed by atoms with Crippen molar-refractivity contribution < 1.29 is 8.78 Å².